The fourth-order valence-electron chi connectivity index (χ4n) is 0.537. The van der Waals surface area contributed by atoms with Gasteiger partial charge in [0.2, 0.25) is 0 Å². The summed E-state index contributed by atoms with van der Waals surface area (Å²) in [5, 5.41) is 0. The van der Waals surface area contributed by atoms with Crippen LogP contribution in [0.15, 0.2) is 0 Å². The third kappa shape index (κ3) is 7.10. The van der Waals surface area contributed by atoms with Gasteiger partial charge in [-0.3, -0.25) is 0 Å². The molecule has 11 heavy (non-hydrogen) atoms. The molecule has 3 nitrogen and oxygen atoms in total. The van der Waals surface area contributed by atoms with E-state index in [4.69, 9.17) is 23.2 Å². The molecule has 0 saturated heterocycles. The van der Waals surface area contributed by atoms with Crippen LogP contribution in [-0.2, 0) is 26.4 Å². The molecule has 0 aliphatic carbocycles. The molecule has 6 heteroatoms. The normalized spacial score (nSPS) is 11.5. The van der Waals surface area contributed by atoms with E-state index in [0.717, 1.165) is 12.8 Å². The van der Waals surface area contributed by atoms with E-state index in [1.165, 1.54) is 0 Å². The Balaban J connectivity index is 3.79. The van der Waals surface area contributed by atoms with Crippen LogP contribution in [0.5, 0.6) is 0 Å². The Bertz CT molecular complexity index is 171. The minimum atomic E-state index is -3.66. The zero-order valence-corrected chi connectivity index (χ0v) is 8.96. The second kappa shape index (κ2) is 5.38. The van der Waals surface area contributed by atoms with Gasteiger partial charge in [0, 0.05) is 0 Å². The van der Waals surface area contributed by atoms with E-state index in [9.17, 15) is 7.35 Å². The van der Waals surface area contributed by atoms with Crippen molar-refractivity contribution in [3.63, 3.8) is 0 Å². The molecule has 0 aliphatic rings. The second-order valence-corrected chi connectivity index (χ2v) is 4.45. The molecule has 0 unspecified atom stereocenters. The van der Waals surface area contributed by atoms with Crippen molar-refractivity contribution in [1.29, 1.82) is 0 Å². The number of hydrogen-bond acceptors (Lipinski definition) is 3. The average Bonchev–Trinajstić information content (AvgIpc) is 1.81. The van der Waals surface area contributed by atoms with E-state index >= 15 is 0 Å². The Morgan fingerprint density at radius 2 is 2.00 bits per heavy atom. The molecule has 0 heterocycles. The quantitative estimate of drug-likeness (QED) is 0.692. The molecule has 0 radical (unpaired) electrons. The van der Waals surface area contributed by atoms with Gasteiger partial charge < -0.3 is 0 Å². The average molecular weight is 239 g/mol. The summed E-state index contributed by atoms with van der Waals surface area (Å²) in [7, 11) is 0. The predicted octanol–water partition coefficient (Wildman–Crippen LogP) is 2.55. The second-order valence-electron chi connectivity index (χ2n) is 2.06. The zero-order chi connectivity index (χ0) is 8.91. The van der Waals surface area contributed by atoms with Gasteiger partial charge in [0.1, 0.15) is 0 Å². The molecule has 0 aromatic carbocycles. The van der Waals surface area contributed by atoms with Gasteiger partial charge in [0.05, 0.1) is 0 Å². The molecule has 0 aromatic heterocycles. The van der Waals surface area contributed by atoms with Crippen LogP contribution in [0.1, 0.15) is 26.2 Å². The van der Waals surface area contributed by atoms with Crippen LogP contribution in [0.25, 0.3) is 0 Å². The van der Waals surface area contributed by atoms with Crippen molar-refractivity contribution in [2.45, 2.75) is 30.7 Å². The van der Waals surface area contributed by atoms with Crippen LogP contribution in [0.2, 0.25) is 0 Å². The number of halogens is 2. The summed E-state index contributed by atoms with van der Waals surface area (Å²) in [6, 6.07) is 0. The topological polar surface area (TPSA) is 43.4 Å². The molecular formula is C5H9Cl2O3V. The van der Waals surface area contributed by atoms with Crippen molar-refractivity contribution >= 4 is 23.2 Å². The van der Waals surface area contributed by atoms with Crippen LogP contribution >= 0.6 is 23.2 Å². The van der Waals surface area contributed by atoms with Crippen LogP contribution in [0.4, 0.5) is 0 Å². The van der Waals surface area contributed by atoms with Crippen LogP contribution in [-0.4, -0.2) is 4.52 Å². The number of alkyl halides is 2. The van der Waals surface area contributed by atoms with Crippen molar-refractivity contribution in [2.24, 2.45) is 0 Å². The molecule has 0 aromatic rings. The molecule has 0 N–H and O–H groups in total. The van der Waals surface area contributed by atoms with E-state index in [1.54, 1.807) is 0 Å². The fourth-order valence-corrected chi connectivity index (χ4v) is 1.75. The van der Waals surface area contributed by atoms with Crippen molar-refractivity contribution in [1.82, 2.24) is 0 Å². The van der Waals surface area contributed by atoms with Crippen molar-refractivity contribution < 1.29 is 26.4 Å². The summed E-state index contributed by atoms with van der Waals surface area (Å²) in [5.74, 6) is 0. The molecule has 0 spiro atoms. The standard InChI is InChI=1S/C5H9Cl2O.2O.V/c1-2-3-4-5(6,7)8;;;/h2-4H2,1H3;;;/q-1;;;+1. The Labute approximate surface area is 80.4 Å². The van der Waals surface area contributed by atoms with E-state index in [1.807, 2.05) is 6.92 Å². The molecule has 0 aliphatic heterocycles. The first-order chi connectivity index (χ1) is 4.98. The van der Waals surface area contributed by atoms with Gasteiger partial charge in [0.15, 0.2) is 0 Å². The van der Waals surface area contributed by atoms with Crippen molar-refractivity contribution in [2.75, 3.05) is 0 Å². The first-order valence-electron chi connectivity index (χ1n) is 3.19. The SMILES string of the molecule is CCCCC(Cl)(Cl)[O][V](=[O])=[O]. The Kier molecular flexibility index (Phi) is 5.74. The third-order valence-electron chi connectivity index (χ3n) is 1.03. The molecule has 0 bridgehead atoms. The van der Waals surface area contributed by atoms with E-state index in [2.05, 4.69) is 3.66 Å². The molecule has 0 saturated carbocycles. The summed E-state index contributed by atoms with van der Waals surface area (Å²) in [6.07, 6.45) is 1.98. The van der Waals surface area contributed by atoms with Gasteiger partial charge in [-0.2, -0.15) is 0 Å². The van der Waals surface area contributed by atoms with E-state index < -0.39 is 19.9 Å². The Hall–Kier alpha value is 0.724. The van der Waals surface area contributed by atoms with Crippen molar-refractivity contribution in [3.8, 4) is 0 Å². The summed E-state index contributed by atoms with van der Waals surface area (Å²) in [5.41, 5.74) is 0. The third-order valence-corrected chi connectivity index (χ3v) is 2.63. The molecular weight excluding hydrogens is 230 g/mol. The predicted molar refractivity (Wildman–Crippen MR) is 36.4 cm³/mol. The maximum absolute atomic E-state index is 10.1. The Morgan fingerprint density at radius 1 is 1.45 bits per heavy atom. The first-order valence-corrected chi connectivity index (χ1v) is 5.66. The summed E-state index contributed by atoms with van der Waals surface area (Å²) >= 11 is 7.32. The monoisotopic (exact) mass is 238 g/mol. The number of hydrogen-bond donors (Lipinski definition) is 0. The minimum absolute atomic E-state index is 0.336. The van der Waals surface area contributed by atoms with Gasteiger partial charge in [-0.15, -0.1) is 0 Å². The fraction of sp³-hybridized carbons (Fsp3) is 1.00. The summed E-state index contributed by atoms with van der Waals surface area (Å²) in [4.78, 5) is 0. The van der Waals surface area contributed by atoms with Crippen LogP contribution in [0.3, 0.4) is 0 Å². The van der Waals surface area contributed by atoms with Gasteiger partial charge in [0.25, 0.3) is 0 Å². The van der Waals surface area contributed by atoms with E-state index in [-0.39, 0.29) is 0 Å². The van der Waals surface area contributed by atoms with E-state index in [0.29, 0.717) is 6.42 Å². The van der Waals surface area contributed by atoms with Crippen LogP contribution in [0, 0.1) is 0 Å². The van der Waals surface area contributed by atoms with Crippen LogP contribution < -0.4 is 0 Å². The number of unbranched alkanes of at least 4 members (excludes halogenated alkanes) is 1. The molecule has 0 rings (SSSR count). The molecule has 0 atom stereocenters. The molecule has 66 valence electrons. The molecule has 0 amide bonds. The number of rotatable bonds is 5. The Morgan fingerprint density at radius 3 is 2.36 bits per heavy atom. The zero-order valence-electron chi connectivity index (χ0n) is 6.05. The van der Waals surface area contributed by atoms with Gasteiger partial charge >= 0.3 is 80.3 Å². The summed E-state index contributed by atoms with van der Waals surface area (Å²) in [6.45, 7) is 1.95. The first kappa shape index (κ1) is 11.7. The summed E-state index contributed by atoms with van der Waals surface area (Å²) < 4.78 is 23.0. The van der Waals surface area contributed by atoms with Crippen molar-refractivity contribution in [3.05, 3.63) is 0 Å². The van der Waals surface area contributed by atoms with Gasteiger partial charge in [-0.1, -0.05) is 0 Å². The maximum atomic E-state index is 10.1. The van der Waals surface area contributed by atoms with Gasteiger partial charge in [-0.25, -0.2) is 0 Å². The van der Waals surface area contributed by atoms with Gasteiger partial charge in [-0.05, 0) is 0 Å². The molecule has 0 fully saturated rings.